The third-order valence-electron chi connectivity index (χ3n) is 1.92. The van der Waals surface area contributed by atoms with Crippen LogP contribution in [-0.4, -0.2) is 4.98 Å². The minimum Gasteiger partial charge on any atom is -0.467 e. The highest BCUT2D eigenvalue weighted by Crippen LogP contribution is 2.23. The lowest BCUT2D eigenvalue weighted by Gasteiger charge is -1.98. The predicted molar refractivity (Wildman–Crippen MR) is 49.8 cm³/mol. The molecule has 0 amide bonds. The molecule has 0 spiro atoms. The summed E-state index contributed by atoms with van der Waals surface area (Å²) in [5.41, 5.74) is 7.66. The number of aromatic nitrogens is 1. The maximum absolute atomic E-state index is 5.52. The Morgan fingerprint density at radius 1 is 1.23 bits per heavy atom. The van der Waals surface area contributed by atoms with Crippen molar-refractivity contribution in [1.82, 2.24) is 4.98 Å². The second kappa shape index (κ2) is 3.41. The molecule has 2 aromatic rings. The Bertz CT molecular complexity index is 381. The van der Waals surface area contributed by atoms with Crippen LogP contribution in [0.1, 0.15) is 5.76 Å². The van der Waals surface area contributed by atoms with Gasteiger partial charge < -0.3 is 10.2 Å². The van der Waals surface area contributed by atoms with E-state index in [1.807, 2.05) is 18.2 Å². The molecule has 2 rings (SSSR count). The van der Waals surface area contributed by atoms with Crippen molar-refractivity contribution < 1.29 is 4.42 Å². The quantitative estimate of drug-likeness (QED) is 0.755. The second-order valence-corrected chi connectivity index (χ2v) is 2.70. The van der Waals surface area contributed by atoms with Crippen molar-refractivity contribution in [2.45, 2.75) is 6.54 Å². The van der Waals surface area contributed by atoms with Crippen LogP contribution in [0.4, 0.5) is 0 Å². The molecule has 0 radical (unpaired) electrons. The Hall–Kier alpha value is -1.61. The van der Waals surface area contributed by atoms with E-state index < -0.39 is 0 Å². The minimum absolute atomic E-state index is 0.421. The molecule has 2 aromatic heterocycles. The first kappa shape index (κ1) is 8.01. The molecule has 66 valence electrons. The number of pyridine rings is 1. The molecule has 0 bridgehead atoms. The van der Waals surface area contributed by atoms with Crippen molar-refractivity contribution in [1.29, 1.82) is 0 Å². The SMILES string of the molecule is NCc1occc1-c1ccncc1. The molecular weight excluding hydrogens is 164 g/mol. The number of nitrogens with two attached hydrogens (primary N) is 1. The monoisotopic (exact) mass is 174 g/mol. The molecule has 0 saturated heterocycles. The first-order chi connectivity index (χ1) is 6.42. The van der Waals surface area contributed by atoms with Crippen molar-refractivity contribution in [3.8, 4) is 11.1 Å². The number of hydrogen-bond donors (Lipinski definition) is 1. The van der Waals surface area contributed by atoms with Crippen LogP contribution in [0.25, 0.3) is 11.1 Å². The van der Waals surface area contributed by atoms with Gasteiger partial charge >= 0.3 is 0 Å². The van der Waals surface area contributed by atoms with Crippen molar-refractivity contribution in [2.75, 3.05) is 0 Å². The fourth-order valence-electron chi connectivity index (χ4n) is 1.29. The summed E-state index contributed by atoms with van der Waals surface area (Å²) in [7, 11) is 0. The Labute approximate surface area is 76.2 Å². The summed E-state index contributed by atoms with van der Waals surface area (Å²) in [5, 5.41) is 0. The fourth-order valence-corrected chi connectivity index (χ4v) is 1.29. The van der Waals surface area contributed by atoms with E-state index >= 15 is 0 Å². The number of furan rings is 1. The average Bonchev–Trinajstić information content (AvgIpc) is 2.67. The Kier molecular flexibility index (Phi) is 2.10. The molecule has 2 heterocycles. The van der Waals surface area contributed by atoms with E-state index in [0.717, 1.165) is 16.9 Å². The van der Waals surface area contributed by atoms with E-state index in [0.29, 0.717) is 6.54 Å². The maximum atomic E-state index is 5.52. The van der Waals surface area contributed by atoms with Crippen molar-refractivity contribution in [3.05, 3.63) is 42.6 Å². The topological polar surface area (TPSA) is 52.0 Å². The summed E-state index contributed by atoms with van der Waals surface area (Å²) < 4.78 is 5.22. The van der Waals surface area contributed by atoms with Crippen LogP contribution < -0.4 is 5.73 Å². The summed E-state index contributed by atoms with van der Waals surface area (Å²) >= 11 is 0. The van der Waals surface area contributed by atoms with Crippen LogP contribution in [0.2, 0.25) is 0 Å². The predicted octanol–water partition coefficient (Wildman–Crippen LogP) is 1.80. The van der Waals surface area contributed by atoms with E-state index in [2.05, 4.69) is 4.98 Å². The molecule has 13 heavy (non-hydrogen) atoms. The molecule has 0 unspecified atom stereocenters. The van der Waals surface area contributed by atoms with Gasteiger partial charge in [-0.2, -0.15) is 0 Å². The second-order valence-electron chi connectivity index (χ2n) is 2.70. The highest BCUT2D eigenvalue weighted by atomic mass is 16.3. The standard InChI is InChI=1S/C10H10N2O/c11-7-10-9(3-6-13-10)8-1-4-12-5-2-8/h1-6H,7,11H2. The largest absolute Gasteiger partial charge is 0.467 e. The van der Waals surface area contributed by atoms with E-state index in [1.54, 1.807) is 18.7 Å². The van der Waals surface area contributed by atoms with Gasteiger partial charge in [0.1, 0.15) is 5.76 Å². The van der Waals surface area contributed by atoms with Gasteiger partial charge in [-0.3, -0.25) is 4.98 Å². The van der Waals surface area contributed by atoms with Crippen molar-refractivity contribution in [3.63, 3.8) is 0 Å². The summed E-state index contributed by atoms with van der Waals surface area (Å²) in [5.74, 6) is 0.811. The van der Waals surface area contributed by atoms with Crippen LogP contribution in [0, 0.1) is 0 Å². The van der Waals surface area contributed by atoms with Crippen LogP contribution in [0.5, 0.6) is 0 Å². The highest BCUT2D eigenvalue weighted by molar-refractivity contribution is 5.64. The molecular formula is C10H10N2O. The summed E-state index contributed by atoms with van der Waals surface area (Å²) in [6, 6.07) is 5.78. The number of hydrogen-bond acceptors (Lipinski definition) is 3. The molecule has 0 aliphatic rings. The van der Waals surface area contributed by atoms with E-state index in [1.165, 1.54) is 0 Å². The lowest BCUT2D eigenvalue weighted by atomic mass is 10.1. The zero-order chi connectivity index (χ0) is 9.10. The van der Waals surface area contributed by atoms with Gasteiger partial charge in [-0.15, -0.1) is 0 Å². The van der Waals surface area contributed by atoms with E-state index in [4.69, 9.17) is 10.2 Å². The van der Waals surface area contributed by atoms with Crippen LogP contribution in [0.3, 0.4) is 0 Å². The highest BCUT2D eigenvalue weighted by Gasteiger charge is 2.05. The van der Waals surface area contributed by atoms with Gasteiger partial charge in [-0.05, 0) is 23.8 Å². The number of rotatable bonds is 2. The fraction of sp³-hybridized carbons (Fsp3) is 0.100. The van der Waals surface area contributed by atoms with Gasteiger partial charge in [0, 0.05) is 18.0 Å². The lowest BCUT2D eigenvalue weighted by Crippen LogP contribution is -1.95. The van der Waals surface area contributed by atoms with Gasteiger partial charge in [0.15, 0.2) is 0 Å². The van der Waals surface area contributed by atoms with E-state index in [9.17, 15) is 0 Å². The molecule has 0 saturated carbocycles. The summed E-state index contributed by atoms with van der Waals surface area (Å²) in [6.45, 7) is 0.421. The molecule has 2 N–H and O–H groups in total. The maximum Gasteiger partial charge on any atom is 0.125 e. The smallest absolute Gasteiger partial charge is 0.125 e. The lowest BCUT2D eigenvalue weighted by molar-refractivity contribution is 0.513. The van der Waals surface area contributed by atoms with Crippen molar-refractivity contribution >= 4 is 0 Å². The van der Waals surface area contributed by atoms with Gasteiger partial charge in [0.05, 0.1) is 12.8 Å². The summed E-state index contributed by atoms with van der Waals surface area (Å²) in [6.07, 6.45) is 5.16. The van der Waals surface area contributed by atoms with Crippen LogP contribution in [0.15, 0.2) is 41.3 Å². The van der Waals surface area contributed by atoms with Gasteiger partial charge in [-0.25, -0.2) is 0 Å². The minimum atomic E-state index is 0.421. The van der Waals surface area contributed by atoms with Crippen LogP contribution >= 0.6 is 0 Å². The Morgan fingerprint density at radius 2 is 2.00 bits per heavy atom. The zero-order valence-corrected chi connectivity index (χ0v) is 7.10. The van der Waals surface area contributed by atoms with Gasteiger partial charge in [0.2, 0.25) is 0 Å². The van der Waals surface area contributed by atoms with Gasteiger partial charge in [0.25, 0.3) is 0 Å². The first-order valence-electron chi connectivity index (χ1n) is 4.08. The molecule has 0 aromatic carbocycles. The first-order valence-corrected chi connectivity index (χ1v) is 4.08. The molecule has 0 fully saturated rings. The molecule has 3 heteroatoms. The van der Waals surface area contributed by atoms with Crippen molar-refractivity contribution in [2.24, 2.45) is 5.73 Å². The molecule has 0 aliphatic carbocycles. The molecule has 0 aliphatic heterocycles. The third-order valence-corrected chi connectivity index (χ3v) is 1.92. The Morgan fingerprint density at radius 3 is 2.69 bits per heavy atom. The van der Waals surface area contributed by atoms with Crippen LogP contribution in [-0.2, 0) is 6.54 Å². The average molecular weight is 174 g/mol. The normalized spacial score (nSPS) is 10.2. The molecule has 0 atom stereocenters. The summed E-state index contributed by atoms with van der Waals surface area (Å²) in [4.78, 5) is 3.95. The molecule has 3 nitrogen and oxygen atoms in total. The third kappa shape index (κ3) is 1.46. The Balaban J connectivity index is 2.47. The van der Waals surface area contributed by atoms with E-state index in [-0.39, 0.29) is 0 Å². The zero-order valence-electron chi connectivity index (χ0n) is 7.10. The van der Waals surface area contributed by atoms with Gasteiger partial charge in [-0.1, -0.05) is 0 Å². The number of nitrogens with zero attached hydrogens (tertiary/aromatic N) is 1.